The predicted octanol–water partition coefficient (Wildman–Crippen LogP) is 2.58. The van der Waals surface area contributed by atoms with Gasteiger partial charge in [-0.3, -0.25) is 4.79 Å². The van der Waals surface area contributed by atoms with Gasteiger partial charge in [-0.25, -0.2) is 9.18 Å². The van der Waals surface area contributed by atoms with Crippen molar-refractivity contribution >= 4 is 12.0 Å². The summed E-state index contributed by atoms with van der Waals surface area (Å²) in [6.45, 7) is 4.32. The molecule has 2 saturated heterocycles. The molecule has 130 valence electrons. The molecule has 5 nitrogen and oxygen atoms in total. The lowest BCUT2D eigenvalue weighted by Crippen LogP contribution is -2.40. The molecule has 0 aromatic heterocycles. The number of carbonyl (C=O) groups is 2. The number of alkyl halides is 1. The van der Waals surface area contributed by atoms with Crippen LogP contribution in [0.15, 0.2) is 18.2 Å². The highest BCUT2D eigenvalue weighted by atomic mass is 19.1. The van der Waals surface area contributed by atoms with Gasteiger partial charge in [-0.15, -0.1) is 0 Å². The molecule has 2 amide bonds. The van der Waals surface area contributed by atoms with E-state index in [1.54, 1.807) is 4.90 Å². The number of halogens is 1. The Labute approximate surface area is 141 Å². The zero-order valence-corrected chi connectivity index (χ0v) is 14.1. The van der Waals surface area contributed by atoms with Crippen molar-refractivity contribution in [3.05, 3.63) is 34.9 Å². The Balaban J connectivity index is 1.70. The van der Waals surface area contributed by atoms with Crippen molar-refractivity contribution in [1.29, 1.82) is 0 Å². The summed E-state index contributed by atoms with van der Waals surface area (Å²) in [6, 6.07) is 6.09. The van der Waals surface area contributed by atoms with E-state index in [1.807, 2.05) is 11.0 Å². The second-order valence-electron chi connectivity index (χ2n) is 6.56. The van der Waals surface area contributed by atoms with Crippen LogP contribution in [0.4, 0.5) is 9.18 Å². The SMILES string of the molecule is Cc1ccc(CN2C(=O)C[C@H]3[C@@H]2CCN3C(=O)OCCF)cc1C. The van der Waals surface area contributed by atoms with Crippen LogP contribution in [0.3, 0.4) is 0 Å². The standard InChI is InChI=1S/C18H23FN2O3/c1-12-3-4-14(9-13(12)2)11-21-15-5-7-20(16(15)10-17(21)22)18(23)24-8-6-19/h3-4,9,15-16H,5-8,10-11H2,1-2H3/t15-,16-/m0/s1. The van der Waals surface area contributed by atoms with Gasteiger partial charge in [0.05, 0.1) is 12.1 Å². The van der Waals surface area contributed by atoms with Crippen molar-refractivity contribution in [3.8, 4) is 0 Å². The zero-order chi connectivity index (χ0) is 17.3. The number of benzene rings is 1. The van der Waals surface area contributed by atoms with Crippen LogP contribution in [0.2, 0.25) is 0 Å². The lowest BCUT2D eigenvalue weighted by atomic mass is 10.1. The number of hydrogen-bond acceptors (Lipinski definition) is 3. The molecule has 24 heavy (non-hydrogen) atoms. The monoisotopic (exact) mass is 334 g/mol. The summed E-state index contributed by atoms with van der Waals surface area (Å²) in [7, 11) is 0. The van der Waals surface area contributed by atoms with Crippen LogP contribution in [0.25, 0.3) is 0 Å². The molecule has 2 heterocycles. The van der Waals surface area contributed by atoms with Gasteiger partial charge < -0.3 is 14.5 Å². The van der Waals surface area contributed by atoms with Gasteiger partial charge >= 0.3 is 6.09 Å². The predicted molar refractivity (Wildman–Crippen MR) is 87.3 cm³/mol. The number of carbonyl (C=O) groups excluding carboxylic acids is 2. The van der Waals surface area contributed by atoms with Gasteiger partial charge in [0.1, 0.15) is 13.3 Å². The van der Waals surface area contributed by atoms with E-state index in [4.69, 9.17) is 4.74 Å². The molecular weight excluding hydrogens is 311 g/mol. The highest BCUT2D eigenvalue weighted by Crippen LogP contribution is 2.34. The van der Waals surface area contributed by atoms with Gasteiger partial charge in [-0.05, 0) is 37.0 Å². The smallest absolute Gasteiger partial charge is 0.410 e. The molecule has 6 heteroatoms. The Morgan fingerprint density at radius 3 is 2.79 bits per heavy atom. The number of rotatable bonds is 4. The average Bonchev–Trinajstić information content (AvgIpc) is 3.08. The first-order valence-corrected chi connectivity index (χ1v) is 8.36. The fraction of sp³-hybridized carbons (Fsp3) is 0.556. The van der Waals surface area contributed by atoms with Gasteiger partial charge in [0.2, 0.25) is 5.91 Å². The fourth-order valence-electron chi connectivity index (χ4n) is 3.67. The molecule has 2 aliphatic heterocycles. The lowest BCUT2D eigenvalue weighted by Gasteiger charge is -2.25. The van der Waals surface area contributed by atoms with E-state index < -0.39 is 12.8 Å². The van der Waals surface area contributed by atoms with Crippen LogP contribution in [0.1, 0.15) is 29.5 Å². The highest BCUT2D eigenvalue weighted by Gasteiger charge is 2.48. The molecule has 0 radical (unpaired) electrons. The molecule has 2 atom stereocenters. The van der Waals surface area contributed by atoms with Gasteiger partial charge in [0.25, 0.3) is 0 Å². The number of aryl methyl sites for hydroxylation is 2. The molecule has 0 spiro atoms. The van der Waals surface area contributed by atoms with E-state index >= 15 is 0 Å². The van der Waals surface area contributed by atoms with Gasteiger partial charge in [0, 0.05) is 19.5 Å². The van der Waals surface area contributed by atoms with Crippen LogP contribution in [-0.4, -0.2) is 53.7 Å². The molecule has 2 aliphatic rings. The zero-order valence-electron chi connectivity index (χ0n) is 14.1. The molecular formula is C18H23FN2O3. The van der Waals surface area contributed by atoms with Crippen LogP contribution in [-0.2, 0) is 16.1 Å². The van der Waals surface area contributed by atoms with Crippen molar-refractivity contribution < 1.29 is 18.7 Å². The van der Waals surface area contributed by atoms with Crippen molar-refractivity contribution in [2.45, 2.75) is 45.3 Å². The van der Waals surface area contributed by atoms with Crippen LogP contribution in [0.5, 0.6) is 0 Å². The van der Waals surface area contributed by atoms with Crippen LogP contribution in [0, 0.1) is 13.8 Å². The minimum atomic E-state index is -0.689. The number of ether oxygens (including phenoxy) is 1. The lowest BCUT2D eigenvalue weighted by molar-refractivity contribution is -0.129. The normalized spacial score (nSPS) is 22.9. The third-order valence-corrected chi connectivity index (χ3v) is 5.08. The first-order valence-electron chi connectivity index (χ1n) is 8.36. The minimum Gasteiger partial charge on any atom is -0.447 e. The topological polar surface area (TPSA) is 49.9 Å². The highest BCUT2D eigenvalue weighted by molar-refractivity contribution is 5.82. The first kappa shape index (κ1) is 16.7. The van der Waals surface area contributed by atoms with Crippen molar-refractivity contribution in [2.24, 2.45) is 0 Å². The van der Waals surface area contributed by atoms with E-state index in [2.05, 4.69) is 26.0 Å². The Morgan fingerprint density at radius 1 is 1.29 bits per heavy atom. The Hall–Kier alpha value is -2.11. The van der Waals surface area contributed by atoms with Gasteiger partial charge in [0.15, 0.2) is 0 Å². The third kappa shape index (κ3) is 3.09. The van der Waals surface area contributed by atoms with Crippen molar-refractivity contribution in [1.82, 2.24) is 9.80 Å². The number of fused-ring (bicyclic) bond motifs is 1. The fourth-order valence-corrected chi connectivity index (χ4v) is 3.67. The molecule has 0 bridgehead atoms. The summed E-state index contributed by atoms with van der Waals surface area (Å²) in [6.07, 6.45) is 0.549. The number of nitrogens with zero attached hydrogens (tertiary/aromatic N) is 2. The van der Waals surface area contributed by atoms with E-state index in [0.29, 0.717) is 19.5 Å². The summed E-state index contributed by atoms with van der Waals surface area (Å²) in [5, 5.41) is 0. The van der Waals surface area contributed by atoms with E-state index in [0.717, 1.165) is 12.0 Å². The maximum absolute atomic E-state index is 12.4. The van der Waals surface area contributed by atoms with E-state index in [9.17, 15) is 14.0 Å². The largest absolute Gasteiger partial charge is 0.447 e. The van der Waals surface area contributed by atoms with Crippen LogP contribution < -0.4 is 0 Å². The molecule has 1 aromatic carbocycles. The molecule has 2 fully saturated rings. The molecule has 0 unspecified atom stereocenters. The minimum absolute atomic E-state index is 0.0250. The molecule has 1 aromatic rings. The van der Waals surface area contributed by atoms with Crippen LogP contribution >= 0.6 is 0 Å². The number of amides is 2. The van der Waals surface area contributed by atoms with E-state index in [1.165, 1.54) is 11.1 Å². The Morgan fingerprint density at radius 2 is 2.08 bits per heavy atom. The second-order valence-corrected chi connectivity index (χ2v) is 6.56. The summed E-state index contributed by atoms with van der Waals surface area (Å²) >= 11 is 0. The Kier molecular flexibility index (Phi) is 4.73. The van der Waals surface area contributed by atoms with Gasteiger partial charge in [-0.2, -0.15) is 0 Å². The maximum Gasteiger partial charge on any atom is 0.410 e. The molecule has 0 N–H and O–H groups in total. The van der Waals surface area contributed by atoms with Crippen molar-refractivity contribution in [3.63, 3.8) is 0 Å². The molecule has 0 aliphatic carbocycles. The quantitative estimate of drug-likeness (QED) is 0.850. The number of likely N-dealkylation sites (tertiary alicyclic amines) is 2. The summed E-state index contributed by atoms with van der Waals surface area (Å²) in [4.78, 5) is 27.9. The van der Waals surface area contributed by atoms with Crippen molar-refractivity contribution in [2.75, 3.05) is 19.8 Å². The van der Waals surface area contributed by atoms with E-state index in [-0.39, 0.29) is 24.6 Å². The summed E-state index contributed by atoms with van der Waals surface area (Å²) < 4.78 is 17.1. The Bertz CT molecular complexity index is 649. The van der Waals surface area contributed by atoms with Gasteiger partial charge in [-0.1, -0.05) is 18.2 Å². The molecule has 3 rings (SSSR count). The molecule has 0 saturated carbocycles. The first-order chi connectivity index (χ1) is 11.5. The summed E-state index contributed by atoms with van der Waals surface area (Å²) in [5.41, 5.74) is 3.54. The third-order valence-electron chi connectivity index (χ3n) is 5.08. The number of hydrogen-bond donors (Lipinski definition) is 0. The summed E-state index contributed by atoms with van der Waals surface area (Å²) in [5.74, 6) is 0.0613. The second kappa shape index (κ2) is 6.79. The average molecular weight is 334 g/mol. The maximum atomic E-state index is 12.4.